The highest BCUT2D eigenvalue weighted by atomic mass is 31.2. The van der Waals surface area contributed by atoms with Gasteiger partial charge in [-0.2, -0.15) is 0 Å². The summed E-state index contributed by atoms with van der Waals surface area (Å²) >= 11 is 0. The summed E-state index contributed by atoms with van der Waals surface area (Å²) in [4.78, 5) is 50.7. The first-order chi connectivity index (χ1) is 28.8. The van der Waals surface area contributed by atoms with Gasteiger partial charge in [-0.05, 0) is 79.7 Å². The molecule has 0 saturated carbocycles. The van der Waals surface area contributed by atoms with Gasteiger partial charge in [0.25, 0.3) is 0 Å². The molecular formula is C44H36O13P2. The van der Waals surface area contributed by atoms with E-state index < -0.39 is 23.0 Å². The summed E-state index contributed by atoms with van der Waals surface area (Å²) in [5.74, 6) is 1.22. The minimum atomic E-state index is -2.52. The molecule has 0 bridgehead atoms. The zero-order chi connectivity index (χ0) is 41.7. The van der Waals surface area contributed by atoms with E-state index in [9.17, 15) is 19.2 Å². The van der Waals surface area contributed by atoms with E-state index in [0.29, 0.717) is 41.7 Å². The van der Waals surface area contributed by atoms with Gasteiger partial charge in [0.05, 0.1) is 49.1 Å². The van der Waals surface area contributed by atoms with Crippen LogP contribution in [-0.2, 0) is 0 Å². The molecule has 0 aromatic heterocycles. The van der Waals surface area contributed by atoms with E-state index in [1.807, 2.05) is 0 Å². The monoisotopic (exact) mass is 834 g/mol. The Balaban J connectivity index is 1.43. The maximum Gasteiger partial charge on any atom is 0.530 e. The number of carbonyl (C=O) groups is 4. The maximum atomic E-state index is 14.9. The number of benzene rings is 6. The second-order valence-corrected chi connectivity index (χ2v) is 14.1. The lowest BCUT2D eigenvalue weighted by molar-refractivity contribution is 0.103. The van der Waals surface area contributed by atoms with Gasteiger partial charge in [0.2, 0.25) is 5.78 Å². The summed E-state index contributed by atoms with van der Waals surface area (Å²) < 4.78 is 54.3. The van der Waals surface area contributed by atoms with Crippen molar-refractivity contribution in [2.45, 2.75) is 6.92 Å². The number of carbonyl (C=O) groups excluding carboxylic acids is 4. The third-order valence-electron chi connectivity index (χ3n) is 8.49. The zero-order valence-corrected chi connectivity index (χ0v) is 33.8. The molecule has 1 unspecified atom stereocenters. The molecule has 0 spiro atoms. The minimum absolute atomic E-state index is 0.0226. The summed E-state index contributed by atoms with van der Waals surface area (Å²) in [5.41, 5.74) is 1.14. The molecule has 15 heteroatoms. The number of ether oxygens (including phenoxy) is 3. The summed E-state index contributed by atoms with van der Waals surface area (Å²) in [6, 6.07) is 33.9. The lowest BCUT2D eigenvalue weighted by Crippen LogP contribution is -2.12. The van der Waals surface area contributed by atoms with Gasteiger partial charge in [-0.15, -0.1) is 0 Å². The maximum absolute atomic E-state index is 14.9. The van der Waals surface area contributed by atoms with Crippen LogP contribution < -0.4 is 41.4 Å². The SMILES string of the molecule is COc1ccc(C(=O)c2ccc(OC)c(C)c2OP(Oc2ccccc2C=O)Oc2ccccc2OC)c(OP(Oc2ccccc2C=O)Oc2ccccc2C=O)c1. The molecule has 0 radical (unpaired) electrons. The minimum Gasteiger partial charge on any atom is -0.497 e. The van der Waals surface area contributed by atoms with E-state index in [2.05, 4.69) is 0 Å². The Morgan fingerprint density at radius 2 is 0.864 bits per heavy atom. The van der Waals surface area contributed by atoms with Crippen LogP contribution in [0.3, 0.4) is 0 Å². The molecule has 13 nitrogen and oxygen atoms in total. The van der Waals surface area contributed by atoms with Gasteiger partial charge in [-0.1, -0.05) is 48.5 Å². The van der Waals surface area contributed by atoms with E-state index >= 15 is 0 Å². The van der Waals surface area contributed by atoms with E-state index in [4.69, 9.17) is 41.4 Å². The molecular weight excluding hydrogens is 798 g/mol. The van der Waals surface area contributed by atoms with Crippen LogP contribution in [0.25, 0.3) is 0 Å². The molecule has 0 saturated heterocycles. The number of ketones is 1. The van der Waals surface area contributed by atoms with Crippen LogP contribution in [0.15, 0.2) is 127 Å². The Labute approximate surface area is 342 Å². The Morgan fingerprint density at radius 1 is 0.441 bits per heavy atom. The quantitative estimate of drug-likeness (QED) is 0.0408. The second kappa shape index (κ2) is 20.0. The average molecular weight is 835 g/mol. The Hall–Kier alpha value is -6.94. The van der Waals surface area contributed by atoms with E-state index in [-0.39, 0.29) is 62.3 Å². The number of hydrogen-bond acceptors (Lipinski definition) is 13. The zero-order valence-electron chi connectivity index (χ0n) is 32.1. The smallest absolute Gasteiger partial charge is 0.497 e. The molecule has 6 rings (SSSR count). The Kier molecular flexibility index (Phi) is 14.1. The number of aldehydes is 3. The molecule has 0 heterocycles. The normalized spacial score (nSPS) is 11.1. The number of methoxy groups -OCH3 is 3. The fourth-order valence-corrected chi connectivity index (χ4v) is 7.71. The van der Waals surface area contributed by atoms with Gasteiger partial charge in [0.1, 0.15) is 40.2 Å². The molecule has 0 aliphatic carbocycles. The number of hydrogen-bond donors (Lipinski definition) is 0. The van der Waals surface area contributed by atoms with Crippen molar-refractivity contribution in [2.75, 3.05) is 21.3 Å². The van der Waals surface area contributed by atoms with Crippen molar-refractivity contribution in [3.05, 3.63) is 161 Å². The predicted molar refractivity (Wildman–Crippen MR) is 220 cm³/mol. The molecule has 0 N–H and O–H groups in total. The Bertz CT molecular complexity index is 2400. The Morgan fingerprint density at radius 3 is 1.36 bits per heavy atom. The predicted octanol–water partition coefficient (Wildman–Crippen LogP) is 10.2. The van der Waals surface area contributed by atoms with E-state index in [1.165, 1.54) is 39.5 Å². The van der Waals surface area contributed by atoms with Gasteiger partial charge < -0.3 is 41.4 Å². The van der Waals surface area contributed by atoms with Gasteiger partial charge in [0.15, 0.2) is 30.4 Å². The van der Waals surface area contributed by atoms with Gasteiger partial charge in [0, 0.05) is 11.6 Å². The highest BCUT2D eigenvalue weighted by Gasteiger charge is 2.31. The molecule has 300 valence electrons. The van der Waals surface area contributed by atoms with Gasteiger partial charge in [-0.25, -0.2) is 0 Å². The molecule has 0 fully saturated rings. The van der Waals surface area contributed by atoms with Crippen LogP contribution in [0.1, 0.15) is 52.6 Å². The lowest BCUT2D eigenvalue weighted by Gasteiger charge is -2.23. The largest absolute Gasteiger partial charge is 0.530 e. The second-order valence-electron chi connectivity index (χ2n) is 12.1. The van der Waals surface area contributed by atoms with Crippen LogP contribution in [0.5, 0.6) is 51.7 Å². The van der Waals surface area contributed by atoms with Gasteiger partial charge in [-0.3, -0.25) is 19.2 Å². The topological polar surface area (TPSA) is 151 Å². The summed E-state index contributed by atoms with van der Waals surface area (Å²) in [6.07, 6.45) is 1.87. The average Bonchev–Trinajstić information content (AvgIpc) is 3.27. The van der Waals surface area contributed by atoms with Crippen LogP contribution >= 0.6 is 17.2 Å². The van der Waals surface area contributed by atoms with Crippen LogP contribution in [0.4, 0.5) is 0 Å². The third kappa shape index (κ3) is 9.96. The summed E-state index contributed by atoms with van der Waals surface area (Å²) in [7, 11) is -0.579. The number of rotatable bonds is 20. The highest BCUT2D eigenvalue weighted by Crippen LogP contribution is 2.50. The fourth-order valence-electron chi connectivity index (χ4n) is 5.49. The van der Waals surface area contributed by atoms with Crippen LogP contribution in [0, 0.1) is 6.92 Å². The summed E-state index contributed by atoms with van der Waals surface area (Å²) in [5, 5.41) is 0. The molecule has 1 atom stereocenters. The standard InChI is InChI=1S/C44H36O13P2/c1-29-36(50-3)24-23-35(44(29)57-59(54-39-18-10-7-15-32(39)28-47)55-41-20-12-11-19-40(41)51-4)43(48)34-22-21-33(49-2)25-42(34)56-58(52-37-16-8-5-13-30(37)26-45)53-38-17-9-6-14-31(38)27-46/h5-28H,1-4H3. The molecule has 0 amide bonds. The first-order valence-corrected chi connectivity index (χ1v) is 19.8. The van der Waals surface area contributed by atoms with Gasteiger partial charge >= 0.3 is 17.2 Å². The highest BCUT2D eigenvalue weighted by molar-refractivity contribution is 7.43. The third-order valence-corrected chi connectivity index (χ3v) is 10.6. The van der Waals surface area contributed by atoms with Crippen molar-refractivity contribution in [3.8, 4) is 51.7 Å². The summed E-state index contributed by atoms with van der Waals surface area (Å²) in [6.45, 7) is 1.70. The molecule has 6 aromatic rings. The molecule has 0 aliphatic rings. The molecule has 59 heavy (non-hydrogen) atoms. The van der Waals surface area contributed by atoms with Crippen LogP contribution in [-0.4, -0.2) is 46.0 Å². The van der Waals surface area contributed by atoms with Crippen molar-refractivity contribution in [3.63, 3.8) is 0 Å². The lowest BCUT2D eigenvalue weighted by atomic mass is 9.99. The molecule has 0 aliphatic heterocycles. The van der Waals surface area contributed by atoms with Crippen molar-refractivity contribution in [1.82, 2.24) is 0 Å². The van der Waals surface area contributed by atoms with E-state index in [1.54, 1.807) is 116 Å². The van der Waals surface area contributed by atoms with E-state index in [0.717, 1.165) is 0 Å². The van der Waals surface area contributed by atoms with Crippen molar-refractivity contribution >= 4 is 41.8 Å². The van der Waals surface area contributed by atoms with Crippen LogP contribution in [0.2, 0.25) is 0 Å². The number of para-hydroxylation sites is 5. The van der Waals surface area contributed by atoms with Crippen molar-refractivity contribution in [1.29, 1.82) is 0 Å². The first kappa shape index (κ1) is 41.7. The van der Waals surface area contributed by atoms with Crippen molar-refractivity contribution < 1.29 is 60.5 Å². The van der Waals surface area contributed by atoms with Crippen molar-refractivity contribution in [2.24, 2.45) is 0 Å². The first-order valence-electron chi connectivity index (χ1n) is 17.6. The molecule has 6 aromatic carbocycles. The fraction of sp³-hybridized carbons (Fsp3) is 0.0909.